The van der Waals surface area contributed by atoms with E-state index in [0.29, 0.717) is 6.42 Å². The predicted molar refractivity (Wildman–Crippen MR) is 34.4 cm³/mol. The van der Waals surface area contributed by atoms with Gasteiger partial charge in [0.25, 0.3) is 5.97 Å². The zero-order valence-corrected chi connectivity index (χ0v) is 5.83. The molecule has 0 unspecified atom stereocenters. The standard InChI is InChI=1S/C4H10O3.CH5N/c1-2-3-4(5,6)7;1-2/h5-7H,2-3H2,1H3;2H2,1H3. The maximum atomic E-state index is 8.13. The van der Waals surface area contributed by atoms with Gasteiger partial charge in [-0.25, -0.2) is 0 Å². The van der Waals surface area contributed by atoms with Crippen LogP contribution in [0.5, 0.6) is 0 Å². The molecule has 0 aliphatic heterocycles. The Bertz CT molecular complexity index is 50.7. The molecule has 0 saturated carbocycles. The summed E-state index contributed by atoms with van der Waals surface area (Å²) >= 11 is 0. The van der Waals surface area contributed by atoms with Gasteiger partial charge < -0.3 is 21.1 Å². The molecular weight excluding hydrogens is 122 g/mol. The summed E-state index contributed by atoms with van der Waals surface area (Å²) in [6.07, 6.45) is 0.566. The lowest BCUT2D eigenvalue weighted by Gasteiger charge is -2.10. The van der Waals surface area contributed by atoms with Crippen molar-refractivity contribution in [3.05, 3.63) is 0 Å². The van der Waals surface area contributed by atoms with Crippen LogP contribution in [0, 0.1) is 0 Å². The number of rotatable bonds is 2. The molecule has 0 atom stereocenters. The summed E-state index contributed by atoms with van der Waals surface area (Å²) in [6.45, 7) is 1.75. The van der Waals surface area contributed by atoms with E-state index in [1.807, 2.05) is 0 Å². The van der Waals surface area contributed by atoms with Crippen LogP contribution in [0.1, 0.15) is 19.8 Å². The van der Waals surface area contributed by atoms with Gasteiger partial charge in [-0.15, -0.1) is 0 Å². The molecule has 0 aromatic heterocycles. The third kappa shape index (κ3) is 18.1. The van der Waals surface area contributed by atoms with Crippen molar-refractivity contribution in [2.24, 2.45) is 5.73 Å². The number of aliphatic hydroxyl groups is 3. The fraction of sp³-hybridized carbons (Fsp3) is 1.00. The molecule has 4 heteroatoms. The van der Waals surface area contributed by atoms with Gasteiger partial charge in [0.15, 0.2) is 0 Å². The van der Waals surface area contributed by atoms with E-state index < -0.39 is 5.97 Å². The highest BCUT2D eigenvalue weighted by Gasteiger charge is 2.14. The Labute approximate surface area is 54.9 Å². The largest absolute Gasteiger partial charge is 0.344 e. The van der Waals surface area contributed by atoms with Crippen LogP contribution in [0.15, 0.2) is 0 Å². The quantitative estimate of drug-likeness (QED) is 0.367. The molecule has 9 heavy (non-hydrogen) atoms. The molecule has 0 aromatic carbocycles. The van der Waals surface area contributed by atoms with Gasteiger partial charge in [-0.2, -0.15) is 0 Å². The topological polar surface area (TPSA) is 86.7 Å². The Morgan fingerprint density at radius 3 is 1.56 bits per heavy atom. The molecule has 0 radical (unpaired) electrons. The summed E-state index contributed by atoms with van der Waals surface area (Å²) in [7, 11) is 1.50. The molecule has 0 fully saturated rings. The molecule has 4 nitrogen and oxygen atoms in total. The highest BCUT2D eigenvalue weighted by Crippen LogP contribution is 2.01. The van der Waals surface area contributed by atoms with E-state index in [4.69, 9.17) is 15.3 Å². The molecule has 5 N–H and O–H groups in total. The van der Waals surface area contributed by atoms with Crippen molar-refractivity contribution in [2.45, 2.75) is 25.7 Å². The van der Waals surface area contributed by atoms with Gasteiger partial charge in [-0.1, -0.05) is 6.92 Å². The van der Waals surface area contributed by atoms with Crippen LogP contribution in [0.2, 0.25) is 0 Å². The van der Waals surface area contributed by atoms with Crippen molar-refractivity contribution in [2.75, 3.05) is 7.05 Å². The number of nitrogens with two attached hydrogens (primary N) is 1. The monoisotopic (exact) mass is 137 g/mol. The fourth-order valence-corrected chi connectivity index (χ4v) is 0.335. The third-order valence-electron chi connectivity index (χ3n) is 0.585. The number of hydrogen-bond donors (Lipinski definition) is 4. The van der Waals surface area contributed by atoms with Gasteiger partial charge in [0.2, 0.25) is 0 Å². The molecule has 58 valence electrons. The van der Waals surface area contributed by atoms with E-state index >= 15 is 0 Å². The molecular formula is C5H15NO3. The van der Waals surface area contributed by atoms with Crippen molar-refractivity contribution in [1.29, 1.82) is 0 Å². The second-order valence-corrected chi connectivity index (χ2v) is 1.52. The Morgan fingerprint density at radius 1 is 1.22 bits per heavy atom. The first-order valence-corrected chi connectivity index (χ1v) is 2.81. The maximum absolute atomic E-state index is 8.13. The lowest BCUT2D eigenvalue weighted by molar-refractivity contribution is -0.314. The van der Waals surface area contributed by atoms with E-state index in [1.54, 1.807) is 6.92 Å². The van der Waals surface area contributed by atoms with Gasteiger partial charge in [-0.3, -0.25) is 0 Å². The lowest BCUT2D eigenvalue weighted by atomic mass is 10.3. The maximum Gasteiger partial charge on any atom is 0.275 e. The molecule has 0 aliphatic carbocycles. The zero-order valence-electron chi connectivity index (χ0n) is 5.83. The second-order valence-electron chi connectivity index (χ2n) is 1.52. The van der Waals surface area contributed by atoms with Crippen LogP contribution >= 0.6 is 0 Å². The first-order valence-electron chi connectivity index (χ1n) is 2.81. The molecule has 0 heterocycles. The smallest absolute Gasteiger partial charge is 0.275 e. The fourth-order valence-electron chi connectivity index (χ4n) is 0.335. The van der Waals surface area contributed by atoms with Crippen molar-refractivity contribution >= 4 is 0 Å². The molecule has 0 aromatic rings. The summed E-state index contributed by atoms with van der Waals surface area (Å²) in [5.74, 6) is -2.45. The minimum absolute atomic E-state index is 0.00694. The third-order valence-corrected chi connectivity index (χ3v) is 0.585. The molecule has 0 aliphatic rings. The first-order chi connectivity index (χ1) is 4.06. The van der Waals surface area contributed by atoms with E-state index in [1.165, 1.54) is 7.05 Å². The van der Waals surface area contributed by atoms with Crippen molar-refractivity contribution < 1.29 is 15.3 Å². The van der Waals surface area contributed by atoms with Crippen LogP contribution in [-0.4, -0.2) is 28.3 Å². The van der Waals surface area contributed by atoms with Gasteiger partial charge >= 0.3 is 0 Å². The van der Waals surface area contributed by atoms with Crippen LogP contribution in [0.4, 0.5) is 0 Å². The Balaban J connectivity index is 0. The van der Waals surface area contributed by atoms with Crippen LogP contribution in [-0.2, 0) is 0 Å². The molecule has 0 bridgehead atoms. The van der Waals surface area contributed by atoms with E-state index in [0.717, 1.165) is 0 Å². The van der Waals surface area contributed by atoms with Crippen LogP contribution < -0.4 is 5.73 Å². The Kier molecular flexibility index (Phi) is 7.70. The normalized spacial score (nSPS) is 10.0. The van der Waals surface area contributed by atoms with Crippen molar-refractivity contribution in [3.63, 3.8) is 0 Å². The van der Waals surface area contributed by atoms with Crippen molar-refractivity contribution in [1.82, 2.24) is 0 Å². The molecule has 0 spiro atoms. The average Bonchev–Trinajstić information content (AvgIpc) is 1.69. The van der Waals surface area contributed by atoms with E-state index in [2.05, 4.69) is 5.73 Å². The highest BCUT2D eigenvalue weighted by atomic mass is 16.7. The van der Waals surface area contributed by atoms with E-state index in [-0.39, 0.29) is 6.42 Å². The minimum atomic E-state index is -2.45. The molecule has 0 amide bonds. The van der Waals surface area contributed by atoms with Crippen LogP contribution in [0.25, 0.3) is 0 Å². The van der Waals surface area contributed by atoms with Gasteiger partial charge in [0, 0.05) is 6.42 Å². The summed E-state index contributed by atoms with van der Waals surface area (Å²) in [4.78, 5) is 0. The SMILES string of the molecule is CCCC(O)(O)O.CN. The Hall–Kier alpha value is -0.160. The zero-order chi connectivity index (χ0) is 7.91. The van der Waals surface area contributed by atoms with Crippen LogP contribution in [0.3, 0.4) is 0 Å². The van der Waals surface area contributed by atoms with Crippen molar-refractivity contribution in [3.8, 4) is 0 Å². The van der Waals surface area contributed by atoms with Gasteiger partial charge in [-0.05, 0) is 13.5 Å². The minimum Gasteiger partial charge on any atom is -0.344 e. The Morgan fingerprint density at radius 2 is 1.56 bits per heavy atom. The summed E-state index contributed by atoms with van der Waals surface area (Å²) in [6, 6.07) is 0. The summed E-state index contributed by atoms with van der Waals surface area (Å²) in [5.41, 5.74) is 4.50. The molecule has 0 rings (SSSR count). The highest BCUT2D eigenvalue weighted by molar-refractivity contribution is 4.41. The summed E-state index contributed by atoms with van der Waals surface area (Å²) < 4.78 is 0. The summed E-state index contributed by atoms with van der Waals surface area (Å²) in [5, 5.41) is 24.4. The predicted octanol–water partition coefficient (Wildman–Crippen LogP) is -1.01. The number of hydrogen-bond acceptors (Lipinski definition) is 4. The molecule has 0 saturated heterocycles. The van der Waals surface area contributed by atoms with Gasteiger partial charge in [0.1, 0.15) is 0 Å². The first kappa shape index (κ1) is 11.6. The average molecular weight is 137 g/mol. The van der Waals surface area contributed by atoms with Gasteiger partial charge in [0.05, 0.1) is 0 Å². The second kappa shape index (κ2) is 5.97. The lowest BCUT2D eigenvalue weighted by Crippen LogP contribution is -2.26. The van der Waals surface area contributed by atoms with E-state index in [9.17, 15) is 0 Å².